The van der Waals surface area contributed by atoms with E-state index < -0.39 is 0 Å². The maximum absolute atomic E-state index is 6.08. The summed E-state index contributed by atoms with van der Waals surface area (Å²) in [6.45, 7) is 6.52. The number of pyridine rings is 1. The minimum absolute atomic E-state index is 0.389. The van der Waals surface area contributed by atoms with Crippen LogP contribution < -0.4 is 4.74 Å². The monoisotopic (exact) mass is 365 g/mol. The van der Waals surface area contributed by atoms with Gasteiger partial charge < -0.3 is 14.5 Å². The molecule has 1 fully saturated rings. The first-order valence-electron chi connectivity index (χ1n) is 10.4. The van der Waals surface area contributed by atoms with Gasteiger partial charge in [-0.25, -0.2) is 0 Å². The second-order valence-corrected chi connectivity index (χ2v) is 8.00. The van der Waals surface area contributed by atoms with Crippen LogP contribution in [0.15, 0.2) is 42.7 Å². The van der Waals surface area contributed by atoms with Gasteiger partial charge in [-0.05, 0) is 74.3 Å². The Morgan fingerprint density at radius 3 is 2.85 bits per heavy atom. The van der Waals surface area contributed by atoms with E-state index in [2.05, 4.69) is 46.1 Å². The molecule has 2 aliphatic heterocycles. The fraction of sp³-hybridized carbons (Fsp3) is 0.522. The minimum Gasteiger partial charge on any atom is -0.494 e. The number of aromatic nitrogens is 1. The second kappa shape index (κ2) is 8.85. The van der Waals surface area contributed by atoms with Crippen LogP contribution in [-0.2, 0) is 6.54 Å². The number of nitrogens with zero attached hydrogens (tertiary/aromatic N) is 3. The fourth-order valence-corrected chi connectivity index (χ4v) is 4.44. The van der Waals surface area contributed by atoms with Gasteiger partial charge in [0.2, 0.25) is 0 Å². The molecular weight excluding hydrogens is 334 g/mol. The molecule has 0 N–H and O–H groups in total. The summed E-state index contributed by atoms with van der Waals surface area (Å²) in [7, 11) is 2.19. The summed E-state index contributed by atoms with van der Waals surface area (Å²) >= 11 is 0. The Kier molecular flexibility index (Phi) is 6.05. The summed E-state index contributed by atoms with van der Waals surface area (Å²) in [6, 6.07) is 10.9. The molecule has 1 aromatic heterocycles. The molecule has 4 rings (SSSR count). The highest BCUT2D eigenvalue weighted by molar-refractivity contribution is 5.43. The summed E-state index contributed by atoms with van der Waals surface area (Å²) in [5, 5.41) is 0. The van der Waals surface area contributed by atoms with Gasteiger partial charge in [-0.2, -0.15) is 0 Å². The van der Waals surface area contributed by atoms with Crippen molar-refractivity contribution in [3.63, 3.8) is 0 Å². The zero-order valence-electron chi connectivity index (χ0n) is 16.4. The number of likely N-dealkylation sites (N-methyl/N-ethyl adjacent to an activating group) is 1. The van der Waals surface area contributed by atoms with E-state index in [0.717, 1.165) is 38.4 Å². The number of hydrogen-bond donors (Lipinski definition) is 0. The van der Waals surface area contributed by atoms with Crippen molar-refractivity contribution in [3.8, 4) is 5.75 Å². The van der Waals surface area contributed by atoms with E-state index in [1.165, 1.54) is 49.0 Å². The largest absolute Gasteiger partial charge is 0.494 e. The van der Waals surface area contributed by atoms with Gasteiger partial charge in [0.25, 0.3) is 0 Å². The van der Waals surface area contributed by atoms with Crippen molar-refractivity contribution < 1.29 is 4.74 Å². The standard InChI is InChI=1S/C23H31N3O/c1-25-17-20-15-21(27-14-6-13-26-11-3-2-4-12-26)8-9-22(20)23(18-25)19-7-5-10-24-16-19/h5,7-10,15-16,23H,2-4,6,11-14,17-18H2,1H3. The topological polar surface area (TPSA) is 28.6 Å². The van der Waals surface area contributed by atoms with Crippen LogP contribution in [0.25, 0.3) is 0 Å². The molecule has 0 aliphatic carbocycles. The molecule has 1 unspecified atom stereocenters. The first-order chi connectivity index (χ1) is 13.3. The Bertz CT molecular complexity index is 728. The summed E-state index contributed by atoms with van der Waals surface area (Å²) in [5.74, 6) is 1.40. The van der Waals surface area contributed by atoms with Gasteiger partial charge in [0.05, 0.1) is 6.61 Å². The summed E-state index contributed by atoms with van der Waals surface area (Å²) < 4.78 is 6.08. The summed E-state index contributed by atoms with van der Waals surface area (Å²) in [5.41, 5.74) is 4.09. The van der Waals surface area contributed by atoms with E-state index in [9.17, 15) is 0 Å². The highest BCUT2D eigenvalue weighted by Crippen LogP contribution is 2.34. The van der Waals surface area contributed by atoms with Gasteiger partial charge in [0.15, 0.2) is 0 Å². The van der Waals surface area contributed by atoms with Gasteiger partial charge in [-0.1, -0.05) is 18.6 Å². The minimum atomic E-state index is 0.389. The van der Waals surface area contributed by atoms with Crippen LogP contribution >= 0.6 is 0 Å². The number of fused-ring (bicyclic) bond motifs is 1. The Labute approximate surface area is 163 Å². The SMILES string of the molecule is CN1Cc2cc(OCCCN3CCCCC3)ccc2C(c2cccnc2)C1. The molecule has 4 nitrogen and oxygen atoms in total. The Morgan fingerprint density at radius 2 is 2.04 bits per heavy atom. The molecule has 0 spiro atoms. The van der Waals surface area contributed by atoms with Crippen LogP contribution in [-0.4, -0.2) is 54.6 Å². The van der Waals surface area contributed by atoms with E-state index in [0.29, 0.717) is 5.92 Å². The molecule has 144 valence electrons. The summed E-state index contributed by atoms with van der Waals surface area (Å²) in [6.07, 6.45) is 9.07. The lowest BCUT2D eigenvalue weighted by Crippen LogP contribution is -2.31. The average Bonchev–Trinajstić information content (AvgIpc) is 2.72. The summed E-state index contributed by atoms with van der Waals surface area (Å²) in [4.78, 5) is 9.28. The van der Waals surface area contributed by atoms with Gasteiger partial charge in [0.1, 0.15) is 5.75 Å². The van der Waals surface area contributed by atoms with E-state index >= 15 is 0 Å². The Morgan fingerprint density at radius 1 is 1.15 bits per heavy atom. The number of piperidine rings is 1. The molecule has 3 heterocycles. The normalized spacial score (nSPS) is 21.0. The van der Waals surface area contributed by atoms with Crippen LogP contribution in [0.1, 0.15) is 48.3 Å². The van der Waals surface area contributed by atoms with Crippen LogP contribution in [0.3, 0.4) is 0 Å². The molecule has 4 heteroatoms. The van der Waals surface area contributed by atoms with Crippen molar-refractivity contribution in [2.45, 2.75) is 38.1 Å². The van der Waals surface area contributed by atoms with Crippen molar-refractivity contribution in [1.29, 1.82) is 0 Å². The smallest absolute Gasteiger partial charge is 0.119 e. The number of rotatable bonds is 6. The fourth-order valence-electron chi connectivity index (χ4n) is 4.44. The average molecular weight is 366 g/mol. The van der Waals surface area contributed by atoms with Crippen LogP contribution in [0.2, 0.25) is 0 Å². The first-order valence-corrected chi connectivity index (χ1v) is 10.4. The van der Waals surface area contributed by atoms with Crippen molar-refractivity contribution in [1.82, 2.24) is 14.8 Å². The molecular formula is C23H31N3O. The first kappa shape index (κ1) is 18.5. The van der Waals surface area contributed by atoms with Gasteiger partial charge >= 0.3 is 0 Å². The predicted octanol–water partition coefficient (Wildman–Crippen LogP) is 3.91. The van der Waals surface area contributed by atoms with Crippen molar-refractivity contribution in [2.24, 2.45) is 0 Å². The van der Waals surface area contributed by atoms with Gasteiger partial charge in [-0.3, -0.25) is 4.98 Å². The third-order valence-electron chi connectivity index (χ3n) is 5.85. The van der Waals surface area contributed by atoms with Crippen LogP contribution in [0.5, 0.6) is 5.75 Å². The number of likely N-dealkylation sites (tertiary alicyclic amines) is 1. The zero-order valence-corrected chi connectivity index (χ0v) is 16.4. The van der Waals surface area contributed by atoms with E-state index in [4.69, 9.17) is 4.74 Å². The maximum Gasteiger partial charge on any atom is 0.119 e. The molecule has 0 saturated carbocycles. The Balaban J connectivity index is 1.38. The molecule has 27 heavy (non-hydrogen) atoms. The Hall–Kier alpha value is -1.91. The van der Waals surface area contributed by atoms with Gasteiger partial charge in [0, 0.05) is 37.9 Å². The molecule has 1 atom stereocenters. The lowest BCUT2D eigenvalue weighted by Gasteiger charge is -2.32. The molecule has 2 aliphatic rings. The molecule has 0 amide bonds. The van der Waals surface area contributed by atoms with E-state index in [-0.39, 0.29) is 0 Å². The highest BCUT2D eigenvalue weighted by Gasteiger charge is 2.25. The number of benzene rings is 1. The van der Waals surface area contributed by atoms with Gasteiger partial charge in [-0.15, -0.1) is 0 Å². The highest BCUT2D eigenvalue weighted by atomic mass is 16.5. The maximum atomic E-state index is 6.08. The molecule has 1 aromatic carbocycles. The van der Waals surface area contributed by atoms with E-state index in [1.807, 2.05) is 18.5 Å². The second-order valence-electron chi connectivity index (χ2n) is 8.00. The number of hydrogen-bond acceptors (Lipinski definition) is 4. The van der Waals surface area contributed by atoms with Crippen LogP contribution in [0.4, 0.5) is 0 Å². The lowest BCUT2D eigenvalue weighted by molar-refractivity contribution is 0.204. The molecule has 2 aromatic rings. The van der Waals surface area contributed by atoms with E-state index in [1.54, 1.807) is 0 Å². The molecule has 0 bridgehead atoms. The van der Waals surface area contributed by atoms with Crippen molar-refractivity contribution in [2.75, 3.05) is 39.8 Å². The third kappa shape index (κ3) is 4.69. The quantitative estimate of drug-likeness (QED) is 0.726. The zero-order chi connectivity index (χ0) is 18.5. The van der Waals surface area contributed by atoms with Crippen molar-refractivity contribution >= 4 is 0 Å². The number of ether oxygens (including phenoxy) is 1. The van der Waals surface area contributed by atoms with Crippen LogP contribution in [0, 0.1) is 0 Å². The third-order valence-corrected chi connectivity index (χ3v) is 5.85. The molecule has 1 saturated heterocycles. The molecule has 0 radical (unpaired) electrons. The van der Waals surface area contributed by atoms with Crippen molar-refractivity contribution in [3.05, 3.63) is 59.4 Å². The predicted molar refractivity (Wildman–Crippen MR) is 109 cm³/mol. The lowest BCUT2D eigenvalue weighted by atomic mass is 9.85.